The quantitative estimate of drug-likeness (QED) is 0.872. The highest BCUT2D eigenvalue weighted by Crippen LogP contribution is 2.13. The maximum atomic E-state index is 11.9. The van der Waals surface area contributed by atoms with Gasteiger partial charge in [-0.1, -0.05) is 26.0 Å². The fraction of sp³-hybridized carbons (Fsp3) is 0.333. The number of amides is 1. The Labute approximate surface area is 118 Å². The molecule has 0 aliphatic heterocycles. The lowest BCUT2D eigenvalue weighted by molar-refractivity contribution is -0.118. The second-order valence-electron chi connectivity index (χ2n) is 5.19. The zero-order valence-corrected chi connectivity index (χ0v) is 11.8. The number of benzene rings is 1. The molecule has 1 aromatic carbocycles. The van der Waals surface area contributed by atoms with Gasteiger partial charge >= 0.3 is 0 Å². The van der Waals surface area contributed by atoms with Gasteiger partial charge in [-0.25, -0.2) is 4.98 Å². The van der Waals surface area contributed by atoms with Crippen molar-refractivity contribution in [2.75, 3.05) is 5.32 Å². The van der Waals surface area contributed by atoms with Gasteiger partial charge < -0.3 is 15.6 Å². The largest absolute Gasteiger partial charge is 0.333 e. The van der Waals surface area contributed by atoms with Crippen LogP contribution < -0.4 is 11.1 Å². The zero-order chi connectivity index (χ0) is 14.5. The maximum Gasteiger partial charge on any atom is 0.241 e. The van der Waals surface area contributed by atoms with Crippen molar-refractivity contribution in [3.8, 4) is 0 Å². The molecule has 5 heteroatoms. The van der Waals surface area contributed by atoms with E-state index in [2.05, 4.69) is 10.3 Å². The average molecular weight is 272 g/mol. The van der Waals surface area contributed by atoms with Crippen molar-refractivity contribution in [3.05, 3.63) is 48.5 Å². The van der Waals surface area contributed by atoms with Crippen LogP contribution in [0.2, 0.25) is 0 Å². The predicted molar refractivity (Wildman–Crippen MR) is 79.2 cm³/mol. The number of imidazole rings is 1. The number of nitrogens with two attached hydrogens (primary N) is 1. The molecular weight excluding hydrogens is 252 g/mol. The highest BCUT2D eigenvalue weighted by molar-refractivity contribution is 5.94. The lowest BCUT2D eigenvalue weighted by atomic mass is 10.0. The minimum absolute atomic E-state index is 0.115. The molecule has 0 fully saturated rings. The molecule has 1 aromatic heterocycles. The third-order valence-corrected chi connectivity index (χ3v) is 3.14. The second-order valence-corrected chi connectivity index (χ2v) is 5.19. The van der Waals surface area contributed by atoms with Crippen LogP contribution in [0, 0.1) is 5.92 Å². The molecule has 0 aliphatic rings. The molecule has 20 heavy (non-hydrogen) atoms. The molecule has 0 bridgehead atoms. The SMILES string of the molecule is CC(C)C(N)C(=O)Nc1cccc(Cn2ccnc2)c1. The number of hydrogen-bond donors (Lipinski definition) is 2. The van der Waals surface area contributed by atoms with Crippen molar-refractivity contribution >= 4 is 11.6 Å². The van der Waals surface area contributed by atoms with E-state index in [4.69, 9.17) is 5.73 Å². The summed E-state index contributed by atoms with van der Waals surface area (Å²) in [5.74, 6) is -0.0380. The molecular formula is C15H20N4O. The van der Waals surface area contributed by atoms with Crippen LogP contribution in [0.3, 0.4) is 0 Å². The number of nitrogens with one attached hydrogen (secondary N) is 1. The van der Waals surface area contributed by atoms with E-state index >= 15 is 0 Å². The molecule has 3 N–H and O–H groups in total. The fourth-order valence-electron chi connectivity index (χ4n) is 1.87. The number of rotatable bonds is 5. The Balaban J connectivity index is 2.04. The van der Waals surface area contributed by atoms with Gasteiger partial charge in [0.25, 0.3) is 0 Å². The number of carbonyl (C=O) groups is 1. The first-order valence-corrected chi connectivity index (χ1v) is 6.67. The summed E-state index contributed by atoms with van der Waals surface area (Å²) >= 11 is 0. The molecule has 5 nitrogen and oxygen atoms in total. The van der Waals surface area contributed by atoms with Crippen LogP contribution in [0.4, 0.5) is 5.69 Å². The van der Waals surface area contributed by atoms with Crippen LogP contribution in [-0.4, -0.2) is 21.5 Å². The fourth-order valence-corrected chi connectivity index (χ4v) is 1.87. The average Bonchev–Trinajstić information content (AvgIpc) is 2.91. The second kappa shape index (κ2) is 6.34. The molecule has 1 amide bonds. The van der Waals surface area contributed by atoms with Crippen LogP contribution in [0.15, 0.2) is 43.0 Å². The van der Waals surface area contributed by atoms with E-state index in [-0.39, 0.29) is 11.8 Å². The third kappa shape index (κ3) is 3.68. The molecule has 0 saturated heterocycles. The number of aromatic nitrogens is 2. The first kappa shape index (κ1) is 14.3. The van der Waals surface area contributed by atoms with E-state index in [1.54, 1.807) is 12.5 Å². The van der Waals surface area contributed by atoms with Crippen molar-refractivity contribution in [2.45, 2.75) is 26.4 Å². The van der Waals surface area contributed by atoms with E-state index < -0.39 is 6.04 Å². The summed E-state index contributed by atoms with van der Waals surface area (Å²) in [5, 5.41) is 2.85. The molecule has 1 heterocycles. The normalized spacial score (nSPS) is 12.4. The van der Waals surface area contributed by atoms with Crippen molar-refractivity contribution in [1.82, 2.24) is 9.55 Å². The lowest BCUT2D eigenvalue weighted by Crippen LogP contribution is -2.39. The number of hydrogen-bond acceptors (Lipinski definition) is 3. The summed E-state index contributed by atoms with van der Waals surface area (Å²) in [7, 11) is 0. The number of nitrogens with zero attached hydrogens (tertiary/aromatic N) is 2. The molecule has 1 atom stereocenters. The van der Waals surface area contributed by atoms with E-state index in [1.165, 1.54) is 0 Å². The Morgan fingerprint density at radius 2 is 2.25 bits per heavy atom. The van der Waals surface area contributed by atoms with Crippen LogP contribution in [0.1, 0.15) is 19.4 Å². The van der Waals surface area contributed by atoms with Crippen LogP contribution in [-0.2, 0) is 11.3 Å². The Kier molecular flexibility index (Phi) is 4.53. The summed E-state index contributed by atoms with van der Waals surface area (Å²) in [6, 6.07) is 7.25. The summed E-state index contributed by atoms with van der Waals surface area (Å²) in [5.41, 5.74) is 7.69. The smallest absolute Gasteiger partial charge is 0.241 e. The highest BCUT2D eigenvalue weighted by Gasteiger charge is 2.17. The first-order chi connectivity index (χ1) is 9.56. The zero-order valence-electron chi connectivity index (χ0n) is 11.8. The van der Waals surface area contributed by atoms with Gasteiger partial charge in [-0.05, 0) is 23.6 Å². The van der Waals surface area contributed by atoms with Crippen LogP contribution in [0.5, 0.6) is 0 Å². The van der Waals surface area contributed by atoms with Crippen molar-refractivity contribution in [1.29, 1.82) is 0 Å². The van der Waals surface area contributed by atoms with Crippen molar-refractivity contribution in [2.24, 2.45) is 11.7 Å². The van der Waals surface area contributed by atoms with Gasteiger partial charge in [0.2, 0.25) is 5.91 Å². The van der Waals surface area contributed by atoms with E-state index in [0.29, 0.717) is 0 Å². The number of anilines is 1. The van der Waals surface area contributed by atoms with E-state index in [0.717, 1.165) is 17.8 Å². The molecule has 2 rings (SSSR count). The summed E-state index contributed by atoms with van der Waals surface area (Å²) in [4.78, 5) is 15.9. The van der Waals surface area contributed by atoms with E-state index in [1.807, 2.05) is 48.9 Å². The van der Waals surface area contributed by atoms with Gasteiger partial charge in [-0.15, -0.1) is 0 Å². The molecule has 0 aliphatic carbocycles. The minimum atomic E-state index is -0.493. The van der Waals surface area contributed by atoms with E-state index in [9.17, 15) is 4.79 Å². The molecule has 0 spiro atoms. The standard InChI is InChI=1S/C15H20N4O/c1-11(2)14(16)15(20)18-13-5-3-4-12(8-13)9-19-7-6-17-10-19/h3-8,10-11,14H,9,16H2,1-2H3,(H,18,20). The van der Waals surface area contributed by atoms with Gasteiger partial charge in [0.15, 0.2) is 0 Å². The molecule has 1 unspecified atom stereocenters. The predicted octanol–water partition coefficient (Wildman–Crippen LogP) is 1.85. The van der Waals surface area contributed by atoms with Crippen LogP contribution in [0.25, 0.3) is 0 Å². The Hall–Kier alpha value is -2.14. The van der Waals surface area contributed by atoms with Crippen molar-refractivity contribution < 1.29 is 4.79 Å². The Bertz CT molecular complexity index is 563. The summed E-state index contributed by atoms with van der Waals surface area (Å²) in [6.45, 7) is 4.58. The van der Waals surface area contributed by atoms with Crippen LogP contribution >= 0.6 is 0 Å². The Morgan fingerprint density at radius 1 is 1.45 bits per heavy atom. The van der Waals surface area contributed by atoms with Gasteiger partial charge in [0.1, 0.15) is 0 Å². The first-order valence-electron chi connectivity index (χ1n) is 6.67. The molecule has 2 aromatic rings. The lowest BCUT2D eigenvalue weighted by Gasteiger charge is -2.15. The molecule has 0 saturated carbocycles. The minimum Gasteiger partial charge on any atom is -0.333 e. The summed E-state index contributed by atoms with van der Waals surface area (Å²) in [6.07, 6.45) is 5.41. The molecule has 0 radical (unpaired) electrons. The molecule has 106 valence electrons. The summed E-state index contributed by atoms with van der Waals surface area (Å²) < 4.78 is 1.97. The van der Waals surface area contributed by atoms with Gasteiger partial charge in [-0.2, -0.15) is 0 Å². The third-order valence-electron chi connectivity index (χ3n) is 3.14. The maximum absolute atomic E-state index is 11.9. The monoisotopic (exact) mass is 272 g/mol. The Morgan fingerprint density at radius 3 is 2.90 bits per heavy atom. The van der Waals surface area contributed by atoms with Gasteiger partial charge in [0.05, 0.1) is 12.4 Å². The highest BCUT2D eigenvalue weighted by atomic mass is 16.2. The van der Waals surface area contributed by atoms with Gasteiger partial charge in [-0.3, -0.25) is 4.79 Å². The van der Waals surface area contributed by atoms with Crippen molar-refractivity contribution in [3.63, 3.8) is 0 Å². The topological polar surface area (TPSA) is 72.9 Å². The number of carbonyl (C=O) groups excluding carboxylic acids is 1. The van der Waals surface area contributed by atoms with Gasteiger partial charge in [0, 0.05) is 24.6 Å².